The summed E-state index contributed by atoms with van der Waals surface area (Å²) in [6.45, 7) is 6.70. The molecule has 0 radical (unpaired) electrons. The van der Waals surface area contributed by atoms with Crippen LogP contribution in [0.2, 0.25) is 0 Å². The lowest BCUT2D eigenvalue weighted by Gasteiger charge is -2.11. The van der Waals surface area contributed by atoms with Crippen LogP contribution in [0.5, 0.6) is 0 Å². The molecule has 0 spiro atoms. The fourth-order valence-electron chi connectivity index (χ4n) is 2.34. The van der Waals surface area contributed by atoms with E-state index in [4.69, 9.17) is 5.73 Å². The molecule has 0 atom stereocenters. The molecule has 102 valence electrons. The number of aryl methyl sites for hydroxylation is 1. The third-order valence-electron chi connectivity index (χ3n) is 3.84. The Morgan fingerprint density at radius 2 is 1.80 bits per heavy atom. The molecule has 20 heavy (non-hydrogen) atoms. The average molecular weight is 267 g/mol. The monoisotopic (exact) mass is 267 g/mol. The van der Waals surface area contributed by atoms with Crippen LogP contribution < -0.4 is 5.73 Å². The highest BCUT2D eigenvalue weighted by Crippen LogP contribution is 2.26. The van der Waals surface area contributed by atoms with Crippen molar-refractivity contribution in [3.8, 4) is 11.3 Å². The van der Waals surface area contributed by atoms with E-state index in [1.807, 2.05) is 12.1 Å². The molecule has 1 aromatic carbocycles. The molecule has 2 N–H and O–H groups in total. The molecule has 5 nitrogen and oxygen atoms in total. The quantitative estimate of drug-likeness (QED) is 0.772. The third-order valence-corrected chi connectivity index (χ3v) is 3.84. The van der Waals surface area contributed by atoms with Crippen LogP contribution in [-0.2, 0) is 6.54 Å². The van der Waals surface area contributed by atoms with Gasteiger partial charge < -0.3 is 5.73 Å². The van der Waals surface area contributed by atoms with E-state index in [2.05, 4.69) is 48.2 Å². The van der Waals surface area contributed by atoms with Gasteiger partial charge in [0.15, 0.2) is 11.5 Å². The van der Waals surface area contributed by atoms with E-state index in [1.54, 1.807) is 4.52 Å². The summed E-state index contributed by atoms with van der Waals surface area (Å²) in [6, 6.07) is 8.13. The second-order valence-electron chi connectivity index (χ2n) is 4.99. The topological polar surface area (TPSA) is 69.1 Å². The normalized spacial score (nSPS) is 11.2. The molecule has 2 aromatic heterocycles. The molecule has 0 amide bonds. The molecule has 0 aliphatic rings. The maximum atomic E-state index is 5.66. The molecule has 0 aliphatic carbocycles. The van der Waals surface area contributed by atoms with Crippen molar-refractivity contribution in [2.45, 2.75) is 27.3 Å². The van der Waals surface area contributed by atoms with Crippen molar-refractivity contribution < 1.29 is 0 Å². The van der Waals surface area contributed by atoms with E-state index < -0.39 is 0 Å². The zero-order valence-electron chi connectivity index (χ0n) is 11.9. The molecule has 3 rings (SSSR count). The number of hydrogen-bond acceptors (Lipinski definition) is 4. The van der Waals surface area contributed by atoms with Crippen LogP contribution in [0.25, 0.3) is 16.9 Å². The second kappa shape index (κ2) is 4.68. The minimum Gasteiger partial charge on any atom is -0.324 e. The predicted molar refractivity (Wildman–Crippen MR) is 78.3 cm³/mol. The van der Waals surface area contributed by atoms with Gasteiger partial charge in [0.2, 0.25) is 0 Å². The first kappa shape index (κ1) is 12.7. The van der Waals surface area contributed by atoms with Gasteiger partial charge in [0.25, 0.3) is 0 Å². The van der Waals surface area contributed by atoms with E-state index in [0.29, 0.717) is 12.4 Å². The van der Waals surface area contributed by atoms with Crippen molar-refractivity contribution in [3.63, 3.8) is 0 Å². The molecule has 0 saturated carbocycles. The van der Waals surface area contributed by atoms with Crippen LogP contribution in [0.1, 0.15) is 22.5 Å². The minimum atomic E-state index is 0.323. The maximum Gasteiger partial charge on any atom is 0.177 e. The molecule has 5 heteroatoms. The molecular weight excluding hydrogens is 250 g/mol. The van der Waals surface area contributed by atoms with E-state index in [9.17, 15) is 0 Å². The molecule has 2 heterocycles. The first-order valence-corrected chi connectivity index (χ1v) is 6.60. The molecule has 3 aromatic rings. The van der Waals surface area contributed by atoms with Gasteiger partial charge in [-0.15, -0.1) is 10.2 Å². The van der Waals surface area contributed by atoms with E-state index in [-0.39, 0.29) is 0 Å². The highest BCUT2D eigenvalue weighted by Gasteiger charge is 2.10. The van der Waals surface area contributed by atoms with Gasteiger partial charge in [-0.3, -0.25) is 0 Å². The van der Waals surface area contributed by atoms with Crippen molar-refractivity contribution in [2.24, 2.45) is 5.73 Å². The molecular formula is C15H17N5. The Morgan fingerprint density at radius 3 is 2.55 bits per heavy atom. The van der Waals surface area contributed by atoms with Crippen molar-refractivity contribution in [1.82, 2.24) is 19.8 Å². The van der Waals surface area contributed by atoms with Gasteiger partial charge in [0.05, 0.1) is 12.2 Å². The first-order chi connectivity index (χ1) is 9.61. The smallest absolute Gasteiger partial charge is 0.177 e. The summed E-state index contributed by atoms with van der Waals surface area (Å²) in [6.07, 6.45) is 0. The second-order valence-corrected chi connectivity index (χ2v) is 4.99. The van der Waals surface area contributed by atoms with Crippen LogP contribution in [0.4, 0.5) is 0 Å². The lowest BCUT2D eigenvalue weighted by Crippen LogP contribution is -2.06. The highest BCUT2D eigenvalue weighted by molar-refractivity contribution is 5.66. The Hall–Kier alpha value is -2.27. The number of aromatic nitrogens is 4. The number of nitrogens with zero attached hydrogens (tertiary/aromatic N) is 4. The van der Waals surface area contributed by atoms with Crippen LogP contribution >= 0.6 is 0 Å². The standard InChI is InChI=1S/C15H17N5/c1-9-4-5-12(11(3)10(9)2)13-6-7-14-17-18-15(8-16)20(14)19-13/h4-7H,8,16H2,1-3H3. The van der Waals surface area contributed by atoms with Gasteiger partial charge in [-0.1, -0.05) is 12.1 Å². The predicted octanol–water partition coefficient (Wildman–Crippen LogP) is 2.18. The van der Waals surface area contributed by atoms with Gasteiger partial charge in [0, 0.05) is 5.56 Å². The number of hydrogen-bond donors (Lipinski definition) is 1. The summed E-state index contributed by atoms with van der Waals surface area (Å²) >= 11 is 0. The van der Waals surface area contributed by atoms with E-state index in [0.717, 1.165) is 16.9 Å². The lowest BCUT2D eigenvalue weighted by atomic mass is 9.97. The van der Waals surface area contributed by atoms with Crippen molar-refractivity contribution in [2.75, 3.05) is 0 Å². The summed E-state index contributed by atoms with van der Waals surface area (Å²) < 4.78 is 1.71. The summed E-state index contributed by atoms with van der Waals surface area (Å²) in [5, 5.41) is 12.7. The number of benzene rings is 1. The van der Waals surface area contributed by atoms with E-state index >= 15 is 0 Å². The highest BCUT2D eigenvalue weighted by atomic mass is 15.4. The molecule has 0 saturated heterocycles. The molecule has 0 unspecified atom stereocenters. The summed E-state index contributed by atoms with van der Waals surface area (Å²) in [4.78, 5) is 0. The van der Waals surface area contributed by atoms with Crippen LogP contribution in [0.15, 0.2) is 24.3 Å². The van der Waals surface area contributed by atoms with Gasteiger partial charge in [-0.25, -0.2) is 0 Å². The zero-order chi connectivity index (χ0) is 14.3. The SMILES string of the molecule is Cc1ccc(-c2ccc3nnc(CN)n3n2)c(C)c1C. The fraction of sp³-hybridized carbons (Fsp3) is 0.267. The maximum absolute atomic E-state index is 5.66. The van der Waals surface area contributed by atoms with Gasteiger partial charge in [-0.05, 0) is 49.6 Å². The Kier molecular flexibility index (Phi) is 2.99. The van der Waals surface area contributed by atoms with Crippen molar-refractivity contribution in [3.05, 3.63) is 46.8 Å². The van der Waals surface area contributed by atoms with Crippen LogP contribution in [0.3, 0.4) is 0 Å². The van der Waals surface area contributed by atoms with Gasteiger partial charge in [0.1, 0.15) is 0 Å². The Labute approximate surface area is 117 Å². The zero-order valence-corrected chi connectivity index (χ0v) is 11.9. The Morgan fingerprint density at radius 1 is 1.00 bits per heavy atom. The van der Waals surface area contributed by atoms with Crippen LogP contribution in [0, 0.1) is 20.8 Å². The largest absolute Gasteiger partial charge is 0.324 e. The molecule has 0 fully saturated rings. The first-order valence-electron chi connectivity index (χ1n) is 6.60. The fourth-order valence-corrected chi connectivity index (χ4v) is 2.34. The van der Waals surface area contributed by atoms with Crippen molar-refractivity contribution >= 4 is 5.65 Å². The lowest BCUT2D eigenvalue weighted by molar-refractivity contribution is 0.811. The summed E-state index contributed by atoms with van der Waals surface area (Å²) in [5.74, 6) is 0.670. The van der Waals surface area contributed by atoms with Crippen LogP contribution in [-0.4, -0.2) is 19.8 Å². The van der Waals surface area contributed by atoms with Gasteiger partial charge >= 0.3 is 0 Å². The number of fused-ring (bicyclic) bond motifs is 1. The van der Waals surface area contributed by atoms with E-state index in [1.165, 1.54) is 16.7 Å². The van der Waals surface area contributed by atoms with Gasteiger partial charge in [-0.2, -0.15) is 9.61 Å². The average Bonchev–Trinajstić information content (AvgIpc) is 2.87. The van der Waals surface area contributed by atoms with Crippen molar-refractivity contribution in [1.29, 1.82) is 0 Å². The third kappa shape index (κ3) is 1.87. The molecule has 0 aliphatic heterocycles. The Balaban J connectivity index is 2.22. The number of rotatable bonds is 2. The minimum absolute atomic E-state index is 0.323. The summed E-state index contributed by atoms with van der Waals surface area (Å²) in [5.41, 5.74) is 12.3. The Bertz CT molecular complexity index is 788. The molecule has 0 bridgehead atoms. The summed E-state index contributed by atoms with van der Waals surface area (Å²) in [7, 11) is 0. The number of nitrogens with two attached hydrogens (primary N) is 1.